The van der Waals surface area contributed by atoms with Gasteiger partial charge >= 0.3 is 0 Å². The number of nitrogens with two attached hydrogens (primary N) is 1. The summed E-state index contributed by atoms with van der Waals surface area (Å²) in [6, 6.07) is 9.91. The molecule has 0 radical (unpaired) electrons. The largest absolute Gasteiger partial charge is 0.370 e. The lowest BCUT2D eigenvalue weighted by molar-refractivity contribution is 0.380. The number of aliphatic imine (C=N–C) groups is 1. The zero-order valence-corrected chi connectivity index (χ0v) is 13.9. The highest BCUT2D eigenvalue weighted by Gasteiger charge is 2.18. The zero-order valence-electron chi connectivity index (χ0n) is 13.2. The van der Waals surface area contributed by atoms with E-state index in [9.17, 15) is 0 Å². The van der Waals surface area contributed by atoms with Crippen molar-refractivity contribution >= 4 is 23.2 Å². The number of aromatic nitrogens is 2. The summed E-state index contributed by atoms with van der Waals surface area (Å²) in [5, 5.41) is 4.90. The van der Waals surface area contributed by atoms with Crippen molar-refractivity contribution in [1.29, 1.82) is 0 Å². The Labute approximate surface area is 141 Å². The molecule has 3 rings (SSSR count). The summed E-state index contributed by atoms with van der Waals surface area (Å²) in [5.41, 5.74) is 8.37. The highest BCUT2D eigenvalue weighted by Crippen LogP contribution is 2.19. The highest BCUT2D eigenvalue weighted by atomic mass is 35.5. The van der Waals surface area contributed by atoms with Crippen LogP contribution in [0.2, 0.25) is 5.02 Å². The lowest BCUT2D eigenvalue weighted by Crippen LogP contribution is -2.51. The topological polar surface area (TPSA) is 62.7 Å². The minimum absolute atomic E-state index is 0.555. The molecular weight excluding hydrogens is 312 g/mol. The first-order valence-electron chi connectivity index (χ1n) is 7.66. The lowest BCUT2D eigenvalue weighted by Gasteiger charge is -2.36. The summed E-state index contributed by atoms with van der Waals surface area (Å²) < 4.78 is 1.81. The van der Waals surface area contributed by atoms with Gasteiger partial charge in [0.1, 0.15) is 0 Å². The van der Waals surface area contributed by atoms with Crippen LogP contribution in [0.5, 0.6) is 0 Å². The molecule has 0 bridgehead atoms. The van der Waals surface area contributed by atoms with Crippen LogP contribution < -0.4 is 10.6 Å². The Hall–Kier alpha value is -2.21. The van der Waals surface area contributed by atoms with E-state index in [4.69, 9.17) is 17.3 Å². The van der Waals surface area contributed by atoms with E-state index >= 15 is 0 Å². The fraction of sp³-hybridized carbons (Fsp3) is 0.375. The van der Waals surface area contributed by atoms with Crippen molar-refractivity contribution in [2.24, 2.45) is 17.8 Å². The molecule has 0 spiro atoms. The van der Waals surface area contributed by atoms with Gasteiger partial charge in [-0.3, -0.25) is 4.68 Å². The third kappa shape index (κ3) is 3.76. The van der Waals surface area contributed by atoms with Gasteiger partial charge in [-0.05, 0) is 30.3 Å². The fourth-order valence-corrected chi connectivity index (χ4v) is 2.79. The van der Waals surface area contributed by atoms with Gasteiger partial charge in [0.25, 0.3) is 0 Å². The predicted molar refractivity (Wildman–Crippen MR) is 93.8 cm³/mol. The van der Waals surface area contributed by atoms with Crippen molar-refractivity contribution in [2.45, 2.75) is 6.54 Å². The normalized spacial score (nSPS) is 16.0. The molecule has 1 fully saturated rings. The van der Waals surface area contributed by atoms with Crippen LogP contribution >= 0.6 is 11.6 Å². The highest BCUT2D eigenvalue weighted by molar-refractivity contribution is 6.30. The molecule has 0 saturated carbocycles. The number of halogens is 1. The molecule has 2 aromatic rings. The van der Waals surface area contributed by atoms with Crippen molar-refractivity contribution in [3.8, 4) is 0 Å². The van der Waals surface area contributed by atoms with Crippen molar-refractivity contribution in [2.75, 3.05) is 31.1 Å². The number of anilines is 1. The Kier molecular flexibility index (Phi) is 4.71. The first-order chi connectivity index (χ1) is 11.1. The molecule has 7 heteroatoms. The Bertz CT molecular complexity index is 670. The van der Waals surface area contributed by atoms with Crippen LogP contribution in [0.4, 0.5) is 5.69 Å². The Morgan fingerprint density at radius 2 is 1.87 bits per heavy atom. The van der Waals surface area contributed by atoms with E-state index in [2.05, 4.69) is 32.0 Å². The molecule has 0 unspecified atom stereocenters. The van der Waals surface area contributed by atoms with Crippen molar-refractivity contribution in [3.05, 3.63) is 47.2 Å². The van der Waals surface area contributed by atoms with Gasteiger partial charge in [0.05, 0.1) is 12.2 Å². The first-order valence-corrected chi connectivity index (χ1v) is 8.03. The number of guanidine groups is 1. The third-order valence-electron chi connectivity index (χ3n) is 4.12. The molecule has 1 aromatic carbocycles. The van der Waals surface area contributed by atoms with Crippen LogP contribution in [0.3, 0.4) is 0 Å². The molecule has 23 heavy (non-hydrogen) atoms. The van der Waals surface area contributed by atoms with Crippen LogP contribution in [-0.2, 0) is 13.6 Å². The summed E-state index contributed by atoms with van der Waals surface area (Å²) in [6.07, 6.45) is 1.77. The van der Waals surface area contributed by atoms with Gasteiger partial charge in [-0.1, -0.05) is 11.6 Å². The van der Waals surface area contributed by atoms with Gasteiger partial charge in [-0.25, -0.2) is 4.99 Å². The van der Waals surface area contributed by atoms with Crippen molar-refractivity contribution in [3.63, 3.8) is 0 Å². The predicted octanol–water partition coefficient (Wildman–Crippen LogP) is 1.71. The van der Waals surface area contributed by atoms with E-state index in [1.807, 2.05) is 29.9 Å². The van der Waals surface area contributed by atoms with E-state index in [1.165, 1.54) is 5.69 Å². The van der Waals surface area contributed by atoms with Gasteiger partial charge in [0, 0.05) is 50.1 Å². The minimum Gasteiger partial charge on any atom is -0.370 e. The average molecular weight is 333 g/mol. The molecule has 122 valence electrons. The van der Waals surface area contributed by atoms with Crippen LogP contribution in [0.25, 0.3) is 0 Å². The number of rotatable bonds is 3. The van der Waals surface area contributed by atoms with Gasteiger partial charge in [0.2, 0.25) is 0 Å². The molecule has 0 aliphatic carbocycles. The Balaban J connectivity index is 1.55. The smallest absolute Gasteiger partial charge is 0.191 e. The summed E-state index contributed by atoms with van der Waals surface area (Å²) in [5.74, 6) is 0.599. The summed E-state index contributed by atoms with van der Waals surface area (Å²) in [4.78, 5) is 8.95. The van der Waals surface area contributed by atoms with Crippen LogP contribution in [0.1, 0.15) is 5.69 Å². The van der Waals surface area contributed by atoms with Crippen molar-refractivity contribution < 1.29 is 0 Å². The number of piperazine rings is 1. The lowest BCUT2D eigenvalue weighted by atomic mass is 10.2. The molecular formula is C16H21ClN6. The molecule has 1 saturated heterocycles. The second-order valence-electron chi connectivity index (χ2n) is 5.57. The van der Waals surface area contributed by atoms with E-state index in [-0.39, 0.29) is 0 Å². The maximum absolute atomic E-state index is 6.13. The summed E-state index contributed by atoms with van der Waals surface area (Å²) in [7, 11) is 1.91. The number of benzene rings is 1. The van der Waals surface area contributed by atoms with E-state index < -0.39 is 0 Å². The number of hydrogen-bond donors (Lipinski definition) is 1. The van der Waals surface area contributed by atoms with Crippen molar-refractivity contribution in [1.82, 2.24) is 14.7 Å². The van der Waals surface area contributed by atoms with Gasteiger partial charge in [0.15, 0.2) is 5.96 Å². The minimum atomic E-state index is 0.555. The molecule has 6 nitrogen and oxygen atoms in total. The maximum atomic E-state index is 6.13. The first kappa shape index (κ1) is 15.7. The molecule has 2 heterocycles. The van der Waals surface area contributed by atoms with E-state index in [1.54, 1.807) is 6.20 Å². The zero-order chi connectivity index (χ0) is 16.2. The quantitative estimate of drug-likeness (QED) is 0.686. The molecule has 1 aliphatic heterocycles. The average Bonchev–Trinajstić information content (AvgIpc) is 2.99. The summed E-state index contributed by atoms with van der Waals surface area (Å²) >= 11 is 5.94. The SMILES string of the molecule is Cn1nccc1CN=C(N)N1CCN(c2ccc(Cl)cc2)CC1. The second-order valence-corrected chi connectivity index (χ2v) is 6.01. The van der Waals surface area contributed by atoms with Crippen LogP contribution in [0, 0.1) is 0 Å². The van der Waals surface area contributed by atoms with E-state index in [0.717, 1.165) is 36.9 Å². The number of aryl methyl sites for hydroxylation is 1. The summed E-state index contributed by atoms with van der Waals surface area (Å²) in [6.45, 7) is 4.12. The Morgan fingerprint density at radius 3 is 2.48 bits per heavy atom. The third-order valence-corrected chi connectivity index (χ3v) is 4.37. The second kappa shape index (κ2) is 6.91. The van der Waals surface area contributed by atoms with E-state index in [0.29, 0.717) is 12.5 Å². The standard InChI is InChI=1S/C16H21ClN6/c1-21-15(6-7-20-21)12-19-16(18)23-10-8-22(9-11-23)14-4-2-13(17)3-5-14/h2-7H,8-12H2,1H3,(H2,18,19). The monoisotopic (exact) mass is 332 g/mol. The number of hydrogen-bond acceptors (Lipinski definition) is 3. The van der Waals surface area contributed by atoms with Gasteiger partial charge in [-0.15, -0.1) is 0 Å². The Morgan fingerprint density at radius 1 is 1.17 bits per heavy atom. The van der Waals surface area contributed by atoms with Gasteiger partial charge in [-0.2, -0.15) is 5.10 Å². The maximum Gasteiger partial charge on any atom is 0.191 e. The molecule has 1 aliphatic rings. The van der Waals surface area contributed by atoms with Crippen LogP contribution in [-0.4, -0.2) is 46.8 Å². The van der Waals surface area contributed by atoms with Gasteiger partial charge < -0.3 is 15.5 Å². The van der Waals surface area contributed by atoms with Crippen LogP contribution in [0.15, 0.2) is 41.5 Å². The molecule has 0 amide bonds. The molecule has 0 atom stereocenters. The number of nitrogens with zero attached hydrogens (tertiary/aromatic N) is 5. The fourth-order valence-electron chi connectivity index (χ4n) is 2.66. The molecule has 1 aromatic heterocycles. The molecule has 2 N–H and O–H groups in total.